The number of carbonyl (C=O) groups excluding carboxylic acids is 2. The molecule has 5 heteroatoms. The van der Waals surface area contributed by atoms with Crippen molar-refractivity contribution in [3.8, 4) is 0 Å². The standard InChI is InChI=1S/C26H31N3O2/c1-19(2)13-15-27-25(31)26(3)18-28-22-12-8-7-11-21(22)17-23(28)24(30)29(26)16-14-20-9-5-4-6-10-20/h4-12,17,19H,13-16,18H2,1-3H3,(H,27,31)/t26-/m1/s1. The van der Waals surface area contributed by atoms with Crippen molar-refractivity contribution in [2.45, 2.75) is 45.7 Å². The minimum atomic E-state index is -0.947. The van der Waals surface area contributed by atoms with E-state index in [0.717, 1.165) is 22.9 Å². The Labute approximate surface area is 184 Å². The summed E-state index contributed by atoms with van der Waals surface area (Å²) in [6.07, 6.45) is 1.62. The first kappa shape index (κ1) is 21.2. The molecular weight excluding hydrogens is 386 g/mol. The molecule has 162 valence electrons. The fourth-order valence-electron chi connectivity index (χ4n) is 4.41. The molecule has 1 atom stereocenters. The van der Waals surface area contributed by atoms with Gasteiger partial charge in [0, 0.05) is 24.0 Å². The molecule has 0 spiro atoms. The van der Waals surface area contributed by atoms with E-state index < -0.39 is 5.54 Å². The maximum Gasteiger partial charge on any atom is 0.271 e. The molecule has 1 N–H and O–H groups in total. The number of para-hydroxylation sites is 1. The van der Waals surface area contributed by atoms with E-state index in [1.165, 1.54) is 0 Å². The molecular formula is C26H31N3O2. The highest BCUT2D eigenvalue weighted by Crippen LogP contribution is 2.32. The van der Waals surface area contributed by atoms with Crippen molar-refractivity contribution in [2.75, 3.05) is 13.1 Å². The van der Waals surface area contributed by atoms with Crippen LogP contribution in [-0.2, 0) is 17.8 Å². The molecule has 1 aliphatic heterocycles. The van der Waals surface area contributed by atoms with Gasteiger partial charge in [-0.25, -0.2) is 0 Å². The predicted octanol–water partition coefficient (Wildman–Crippen LogP) is 4.26. The van der Waals surface area contributed by atoms with E-state index in [9.17, 15) is 9.59 Å². The van der Waals surface area contributed by atoms with Crippen LogP contribution in [-0.4, -0.2) is 39.9 Å². The maximum atomic E-state index is 13.6. The zero-order valence-electron chi connectivity index (χ0n) is 18.6. The van der Waals surface area contributed by atoms with Gasteiger partial charge in [0.1, 0.15) is 11.2 Å². The number of nitrogens with zero attached hydrogens (tertiary/aromatic N) is 2. The van der Waals surface area contributed by atoms with E-state index in [4.69, 9.17) is 0 Å². The number of rotatable bonds is 7. The van der Waals surface area contributed by atoms with Crippen molar-refractivity contribution >= 4 is 22.7 Å². The van der Waals surface area contributed by atoms with Gasteiger partial charge in [0.25, 0.3) is 5.91 Å². The van der Waals surface area contributed by atoms with Crippen molar-refractivity contribution in [1.29, 1.82) is 0 Å². The Hall–Kier alpha value is -3.08. The number of amides is 2. The number of benzene rings is 2. The Kier molecular flexibility index (Phi) is 5.86. The van der Waals surface area contributed by atoms with E-state index in [1.807, 2.05) is 60.0 Å². The lowest BCUT2D eigenvalue weighted by Gasteiger charge is -2.44. The highest BCUT2D eigenvalue weighted by Gasteiger charge is 2.47. The molecule has 2 amide bonds. The Morgan fingerprint density at radius 2 is 1.81 bits per heavy atom. The first-order chi connectivity index (χ1) is 14.9. The average molecular weight is 418 g/mol. The van der Waals surface area contributed by atoms with Crippen LogP contribution in [0.3, 0.4) is 0 Å². The summed E-state index contributed by atoms with van der Waals surface area (Å²) in [5.41, 5.74) is 1.86. The molecule has 2 heterocycles. The van der Waals surface area contributed by atoms with Gasteiger partial charge in [-0.15, -0.1) is 0 Å². The summed E-state index contributed by atoms with van der Waals surface area (Å²) in [6, 6.07) is 20.0. The molecule has 31 heavy (non-hydrogen) atoms. The largest absolute Gasteiger partial charge is 0.354 e. The average Bonchev–Trinajstić information content (AvgIpc) is 3.12. The van der Waals surface area contributed by atoms with E-state index in [1.54, 1.807) is 4.90 Å². The van der Waals surface area contributed by atoms with Crippen molar-refractivity contribution in [2.24, 2.45) is 5.92 Å². The van der Waals surface area contributed by atoms with Crippen LogP contribution in [0.15, 0.2) is 60.7 Å². The maximum absolute atomic E-state index is 13.6. The quantitative estimate of drug-likeness (QED) is 0.624. The van der Waals surface area contributed by atoms with Crippen LogP contribution in [0, 0.1) is 5.92 Å². The van der Waals surface area contributed by atoms with Crippen LogP contribution in [0.1, 0.15) is 43.2 Å². The molecule has 0 radical (unpaired) electrons. The highest BCUT2D eigenvalue weighted by molar-refractivity contribution is 6.03. The first-order valence-electron chi connectivity index (χ1n) is 11.1. The molecule has 3 aromatic rings. The summed E-state index contributed by atoms with van der Waals surface area (Å²) >= 11 is 0. The molecule has 5 nitrogen and oxygen atoms in total. The summed E-state index contributed by atoms with van der Waals surface area (Å²) in [5.74, 6) is 0.341. The summed E-state index contributed by atoms with van der Waals surface area (Å²) < 4.78 is 2.01. The van der Waals surface area contributed by atoms with Crippen LogP contribution in [0.5, 0.6) is 0 Å². The van der Waals surface area contributed by atoms with Gasteiger partial charge in [-0.3, -0.25) is 9.59 Å². The smallest absolute Gasteiger partial charge is 0.271 e. The third kappa shape index (κ3) is 4.09. The molecule has 0 aliphatic carbocycles. The van der Waals surface area contributed by atoms with Gasteiger partial charge in [0.15, 0.2) is 0 Å². The summed E-state index contributed by atoms with van der Waals surface area (Å²) in [7, 11) is 0. The Morgan fingerprint density at radius 3 is 2.55 bits per heavy atom. The van der Waals surface area contributed by atoms with Crippen LogP contribution in [0.25, 0.3) is 10.9 Å². The van der Waals surface area contributed by atoms with Gasteiger partial charge in [0.2, 0.25) is 5.91 Å². The summed E-state index contributed by atoms with van der Waals surface area (Å²) in [4.78, 5) is 28.8. The Balaban J connectivity index is 1.67. The Morgan fingerprint density at radius 1 is 1.10 bits per heavy atom. The fraction of sp³-hybridized carbons (Fsp3) is 0.385. The lowest BCUT2D eigenvalue weighted by molar-refractivity contribution is -0.132. The van der Waals surface area contributed by atoms with Gasteiger partial charge in [-0.1, -0.05) is 62.4 Å². The lowest BCUT2D eigenvalue weighted by Crippen LogP contribution is -2.64. The number of hydrogen-bond donors (Lipinski definition) is 1. The van der Waals surface area contributed by atoms with Crippen LogP contribution in [0.2, 0.25) is 0 Å². The fourth-order valence-corrected chi connectivity index (χ4v) is 4.41. The van der Waals surface area contributed by atoms with Crippen molar-refractivity contribution in [3.63, 3.8) is 0 Å². The predicted molar refractivity (Wildman–Crippen MR) is 124 cm³/mol. The molecule has 4 rings (SSSR count). The SMILES string of the molecule is CC(C)CCNC(=O)[C@@]1(C)Cn2c(cc3ccccc32)C(=O)N1CCc1ccccc1. The zero-order valence-corrected chi connectivity index (χ0v) is 18.6. The molecule has 1 aromatic heterocycles. The number of hydrogen-bond acceptors (Lipinski definition) is 2. The second-order valence-corrected chi connectivity index (χ2v) is 9.08. The van der Waals surface area contributed by atoms with Gasteiger partial charge < -0.3 is 14.8 Å². The molecule has 0 saturated carbocycles. The number of aromatic nitrogens is 1. The van der Waals surface area contributed by atoms with E-state index in [-0.39, 0.29) is 11.8 Å². The van der Waals surface area contributed by atoms with Crippen LogP contribution >= 0.6 is 0 Å². The van der Waals surface area contributed by atoms with E-state index in [2.05, 4.69) is 31.3 Å². The minimum Gasteiger partial charge on any atom is -0.354 e. The van der Waals surface area contributed by atoms with Crippen molar-refractivity contribution < 1.29 is 9.59 Å². The lowest BCUT2D eigenvalue weighted by atomic mass is 9.93. The minimum absolute atomic E-state index is 0.0834. The molecule has 2 aromatic carbocycles. The molecule has 1 aliphatic rings. The van der Waals surface area contributed by atoms with Gasteiger partial charge in [-0.05, 0) is 43.4 Å². The number of nitrogens with one attached hydrogen (secondary N) is 1. The van der Waals surface area contributed by atoms with Gasteiger partial charge in [0.05, 0.1) is 6.54 Å². The third-order valence-electron chi connectivity index (χ3n) is 6.30. The molecule has 0 saturated heterocycles. The number of fused-ring (bicyclic) bond motifs is 3. The highest BCUT2D eigenvalue weighted by atomic mass is 16.2. The van der Waals surface area contributed by atoms with Gasteiger partial charge >= 0.3 is 0 Å². The summed E-state index contributed by atoms with van der Waals surface area (Å²) in [6.45, 7) is 7.75. The second kappa shape index (κ2) is 8.58. The van der Waals surface area contributed by atoms with Crippen LogP contribution in [0.4, 0.5) is 0 Å². The van der Waals surface area contributed by atoms with E-state index >= 15 is 0 Å². The zero-order chi connectivity index (χ0) is 22.0. The van der Waals surface area contributed by atoms with Crippen molar-refractivity contribution in [1.82, 2.24) is 14.8 Å². The molecule has 0 bridgehead atoms. The number of carbonyl (C=O) groups is 2. The van der Waals surface area contributed by atoms with Gasteiger partial charge in [-0.2, -0.15) is 0 Å². The topological polar surface area (TPSA) is 54.3 Å². The second-order valence-electron chi connectivity index (χ2n) is 9.08. The third-order valence-corrected chi connectivity index (χ3v) is 6.30. The molecule has 0 fully saturated rings. The van der Waals surface area contributed by atoms with Crippen LogP contribution < -0.4 is 5.32 Å². The van der Waals surface area contributed by atoms with E-state index in [0.29, 0.717) is 37.7 Å². The molecule has 0 unspecified atom stereocenters. The Bertz CT molecular complexity index is 1090. The summed E-state index contributed by atoms with van der Waals surface area (Å²) in [5, 5.41) is 4.12. The monoisotopic (exact) mass is 417 g/mol. The van der Waals surface area contributed by atoms with Crippen molar-refractivity contribution in [3.05, 3.63) is 71.9 Å². The normalized spacial score (nSPS) is 18.5. The first-order valence-corrected chi connectivity index (χ1v) is 11.1.